The van der Waals surface area contributed by atoms with Crippen LogP contribution >= 0.6 is 0 Å². The summed E-state index contributed by atoms with van der Waals surface area (Å²) in [6.45, 7) is 2.16. The summed E-state index contributed by atoms with van der Waals surface area (Å²) in [6, 6.07) is 36.0. The van der Waals surface area contributed by atoms with E-state index in [1.807, 2.05) is 6.07 Å². The first-order valence-corrected chi connectivity index (χ1v) is 8.89. The van der Waals surface area contributed by atoms with Crippen molar-refractivity contribution in [3.63, 3.8) is 0 Å². The fourth-order valence-corrected chi connectivity index (χ4v) is 3.30. The quantitative estimate of drug-likeness (QED) is 0.420. The van der Waals surface area contributed by atoms with Gasteiger partial charge in [-0.25, -0.2) is 0 Å². The molecule has 0 saturated carbocycles. The van der Waals surface area contributed by atoms with Gasteiger partial charge in [0.25, 0.3) is 0 Å². The third-order valence-electron chi connectivity index (χ3n) is 4.60. The Bertz CT molecular complexity index is 1000. The second-order valence-electron chi connectivity index (χ2n) is 6.43. The van der Waals surface area contributed by atoms with Gasteiger partial charge in [-0.15, -0.1) is 0 Å². The van der Waals surface area contributed by atoms with E-state index in [0.29, 0.717) is 0 Å². The van der Waals surface area contributed by atoms with Crippen molar-refractivity contribution < 1.29 is 0 Å². The molecule has 0 aliphatic carbocycles. The summed E-state index contributed by atoms with van der Waals surface area (Å²) in [7, 11) is 0. The molecule has 0 fully saturated rings. The van der Waals surface area contributed by atoms with E-state index in [9.17, 15) is 0 Å². The fourth-order valence-electron chi connectivity index (χ4n) is 3.30. The minimum atomic E-state index is 1.10. The van der Waals surface area contributed by atoms with Crippen LogP contribution in [-0.2, 0) is 0 Å². The van der Waals surface area contributed by atoms with E-state index in [0.717, 1.165) is 11.4 Å². The zero-order valence-electron chi connectivity index (χ0n) is 14.8. The summed E-state index contributed by atoms with van der Waals surface area (Å²) in [4.78, 5) is 0. The third kappa shape index (κ3) is 3.38. The molecule has 1 heteroatoms. The molecule has 0 aromatic heterocycles. The van der Waals surface area contributed by atoms with Gasteiger partial charge < -0.3 is 5.32 Å². The molecule has 0 heterocycles. The van der Waals surface area contributed by atoms with Gasteiger partial charge in [0.1, 0.15) is 0 Å². The highest BCUT2D eigenvalue weighted by atomic mass is 14.9. The summed E-state index contributed by atoms with van der Waals surface area (Å²) in [5.74, 6) is 0. The highest BCUT2D eigenvalue weighted by Crippen LogP contribution is 2.32. The van der Waals surface area contributed by atoms with Gasteiger partial charge in [0.05, 0.1) is 0 Å². The van der Waals surface area contributed by atoms with Gasteiger partial charge in [-0.3, -0.25) is 0 Å². The number of benzene rings is 4. The SMILES string of the molecule is Cc1cc(Nc2ccccc2-c2ccccc2)ccc1-c1ccccc1. The molecule has 4 aromatic carbocycles. The molecule has 0 radical (unpaired) electrons. The van der Waals surface area contributed by atoms with Crippen molar-refractivity contribution in [1.29, 1.82) is 0 Å². The normalized spacial score (nSPS) is 10.5. The molecule has 0 atom stereocenters. The van der Waals surface area contributed by atoms with Crippen molar-refractivity contribution in [3.8, 4) is 22.3 Å². The second-order valence-corrected chi connectivity index (χ2v) is 6.43. The minimum Gasteiger partial charge on any atom is -0.355 e. The van der Waals surface area contributed by atoms with Crippen molar-refractivity contribution in [2.75, 3.05) is 5.32 Å². The van der Waals surface area contributed by atoms with Gasteiger partial charge >= 0.3 is 0 Å². The molecule has 4 rings (SSSR count). The summed E-state index contributed by atoms with van der Waals surface area (Å²) < 4.78 is 0. The first kappa shape index (κ1) is 16.2. The molecule has 0 amide bonds. The molecule has 0 spiro atoms. The average molecular weight is 335 g/mol. The Morgan fingerprint density at radius 3 is 1.77 bits per heavy atom. The third-order valence-corrected chi connectivity index (χ3v) is 4.60. The average Bonchev–Trinajstić information content (AvgIpc) is 2.70. The Labute approximate surface area is 155 Å². The molecule has 1 nitrogen and oxygen atoms in total. The van der Waals surface area contributed by atoms with E-state index in [4.69, 9.17) is 0 Å². The lowest BCUT2D eigenvalue weighted by molar-refractivity contribution is 1.44. The van der Waals surface area contributed by atoms with Crippen molar-refractivity contribution >= 4 is 11.4 Å². The largest absolute Gasteiger partial charge is 0.355 e. The Balaban J connectivity index is 1.66. The monoisotopic (exact) mass is 335 g/mol. The highest BCUT2D eigenvalue weighted by Gasteiger charge is 2.06. The smallest absolute Gasteiger partial charge is 0.0463 e. The first-order chi connectivity index (χ1) is 12.8. The molecular weight excluding hydrogens is 314 g/mol. The lowest BCUT2D eigenvalue weighted by atomic mass is 9.99. The van der Waals surface area contributed by atoms with Crippen molar-refractivity contribution in [2.24, 2.45) is 0 Å². The topological polar surface area (TPSA) is 12.0 Å². The summed E-state index contributed by atoms with van der Waals surface area (Å²) in [5.41, 5.74) is 8.43. The van der Waals surface area contributed by atoms with Crippen molar-refractivity contribution in [2.45, 2.75) is 6.92 Å². The van der Waals surface area contributed by atoms with Crippen LogP contribution < -0.4 is 5.32 Å². The molecule has 0 unspecified atom stereocenters. The van der Waals surface area contributed by atoms with Gasteiger partial charge in [-0.2, -0.15) is 0 Å². The Morgan fingerprint density at radius 2 is 1.12 bits per heavy atom. The van der Waals surface area contributed by atoms with Gasteiger partial charge in [0.15, 0.2) is 0 Å². The molecular formula is C25H21N. The zero-order chi connectivity index (χ0) is 17.8. The Kier molecular flexibility index (Phi) is 4.53. The maximum absolute atomic E-state index is 3.59. The molecule has 1 N–H and O–H groups in total. The van der Waals surface area contributed by atoms with Crippen LogP contribution in [0, 0.1) is 6.92 Å². The molecule has 0 aliphatic heterocycles. The maximum atomic E-state index is 3.59. The summed E-state index contributed by atoms with van der Waals surface area (Å²) >= 11 is 0. The van der Waals surface area contributed by atoms with E-state index in [1.165, 1.54) is 27.8 Å². The van der Waals surface area contributed by atoms with E-state index in [1.54, 1.807) is 0 Å². The van der Waals surface area contributed by atoms with Gasteiger partial charge in [0, 0.05) is 16.9 Å². The van der Waals surface area contributed by atoms with Crippen LogP contribution in [0.5, 0.6) is 0 Å². The Morgan fingerprint density at radius 1 is 0.538 bits per heavy atom. The van der Waals surface area contributed by atoms with E-state index in [-0.39, 0.29) is 0 Å². The lowest BCUT2D eigenvalue weighted by Gasteiger charge is -2.14. The number of nitrogens with one attached hydrogen (secondary N) is 1. The molecule has 126 valence electrons. The highest BCUT2D eigenvalue weighted by molar-refractivity contribution is 5.81. The maximum Gasteiger partial charge on any atom is 0.0463 e. The van der Waals surface area contributed by atoms with Gasteiger partial charge in [-0.1, -0.05) is 84.9 Å². The predicted molar refractivity (Wildman–Crippen MR) is 112 cm³/mol. The number of anilines is 2. The lowest BCUT2D eigenvalue weighted by Crippen LogP contribution is -1.94. The van der Waals surface area contributed by atoms with Crippen LogP contribution in [-0.4, -0.2) is 0 Å². The molecule has 26 heavy (non-hydrogen) atoms. The van der Waals surface area contributed by atoms with E-state index < -0.39 is 0 Å². The van der Waals surface area contributed by atoms with Crippen LogP contribution in [0.3, 0.4) is 0 Å². The van der Waals surface area contributed by atoms with E-state index >= 15 is 0 Å². The minimum absolute atomic E-state index is 1.10. The van der Waals surface area contributed by atoms with Crippen molar-refractivity contribution in [3.05, 3.63) is 109 Å². The van der Waals surface area contributed by atoms with Crippen molar-refractivity contribution in [1.82, 2.24) is 0 Å². The molecule has 0 aliphatic rings. The van der Waals surface area contributed by atoms with Gasteiger partial charge in [-0.05, 0) is 47.4 Å². The van der Waals surface area contributed by atoms with Gasteiger partial charge in [0.2, 0.25) is 0 Å². The van der Waals surface area contributed by atoms with Crippen LogP contribution in [0.4, 0.5) is 11.4 Å². The summed E-state index contributed by atoms with van der Waals surface area (Å²) in [5, 5.41) is 3.59. The number of rotatable bonds is 4. The number of hydrogen-bond acceptors (Lipinski definition) is 1. The van der Waals surface area contributed by atoms with Crippen LogP contribution in [0.25, 0.3) is 22.3 Å². The number of aryl methyl sites for hydroxylation is 1. The molecule has 0 saturated heterocycles. The molecule has 4 aromatic rings. The van der Waals surface area contributed by atoms with Crippen LogP contribution in [0.2, 0.25) is 0 Å². The molecule has 0 bridgehead atoms. The number of hydrogen-bond donors (Lipinski definition) is 1. The predicted octanol–water partition coefficient (Wildman–Crippen LogP) is 7.07. The number of para-hydroxylation sites is 1. The second kappa shape index (κ2) is 7.28. The first-order valence-electron chi connectivity index (χ1n) is 8.89. The summed E-state index contributed by atoms with van der Waals surface area (Å²) in [6.07, 6.45) is 0. The van der Waals surface area contributed by atoms with Crippen LogP contribution in [0.15, 0.2) is 103 Å². The zero-order valence-corrected chi connectivity index (χ0v) is 14.8. The fraction of sp³-hybridized carbons (Fsp3) is 0.0400. The Hall–Kier alpha value is -3.32. The van der Waals surface area contributed by atoms with Crippen LogP contribution in [0.1, 0.15) is 5.56 Å². The standard InChI is InChI=1S/C25H21N/c1-19-18-22(16-17-23(19)20-10-4-2-5-11-20)26-25-15-9-8-14-24(25)21-12-6-3-7-13-21/h2-18,26H,1H3. The van der Waals surface area contributed by atoms with E-state index in [2.05, 4.69) is 109 Å².